The van der Waals surface area contributed by atoms with Crippen LogP contribution in [0, 0.1) is 20.8 Å². The second-order valence-corrected chi connectivity index (χ2v) is 6.50. The molecule has 26 heavy (non-hydrogen) atoms. The van der Waals surface area contributed by atoms with E-state index in [9.17, 15) is 4.79 Å². The Balaban J connectivity index is 1.72. The first-order valence-corrected chi connectivity index (χ1v) is 8.54. The zero-order valence-electron chi connectivity index (χ0n) is 14.8. The minimum Gasteiger partial charge on any atom is -0.339 e. The Hall–Kier alpha value is -2.92. The molecule has 5 nitrogen and oxygen atoms in total. The third-order valence-corrected chi connectivity index (χ3v) is 4.45. The Kier molecular flexibility index (Phi) is 5.19. The minimum absolute atomic E-state index is 0.248. The molecule has 1 heterocycles. The topological polar surface area (TPSA) is 66.9 Å². The van der Waals surface area contributed by atoms with Crippen molar-refractivity contribution in [2.75, 3.05) is 10.6 Å². The van der Waals surface area contributed by atoms with Crippen LogP contribution in [-0.2, 0) is 0 Å². The number of carbonyl (C=O) groups is 1. The van der Waals surface area contributed by atoms with E-state index < -0.39 is 0 Å². The summed E-state index contributed by atoms with van der Waals surface area (Å²) in [4.78, 5) is 20.8. The quantitative estimate of drug-likeness (QED) is 0.678. The summed E-state index contributed by atoms with van der Waals surface area (Å²) in [7, 11) is 0. The van der Waals surface area contributed by atoms with Gasteiger partial charge in [0.05, 0.1) is 12.4 Å². The van der Waals surface area contributed by atoms with Crippen LogP contribution in [0.4, 0.5) is 17.2 Å². The molecule has 3 rings (SSSR count). The number of aromatic nitrogens is 2. The van der Waals surface area contributed by atoms with E-state index in [0.29, 0.717) is 10.8 Å². The lowest BCUT2D eigenvalue weighted by molar-refractivity contribution is 0.102. The van der Waals surface area contributed by atoms with Gasteiger partial charge in [-0.1, -0.05) is 35.4 Å². The summed E-state index contributed by atoms with van der Waals surface area (Å²) in [5.41, 5.74) is 4.93. The van der Waals surface area contributed by atoms with Gasteiger partial charge in [0.15, 0.2) is 0 Å². The van der Waals surface area contributed by atoms with Crippen molar-refractivity contribution in [3.63, 3.8) is 0 Å². The fraction of sp³-hybridized carbons (Fsp3) is 0.150. The Morgan fingerprint density at radius 2 is 1.81 bits per heavy atom. The highest BCUT2D eigenvalue weighted by atomic mass is 35.5. The molecular weight excluding hydrogens is 348 g/mol. The van der Waals surface area contributed by atoms with Gasteiger partial charge in [-0.15, -0.1) is 0 Å². The van der Waals surface area contributed by atoms with Crippen molar-refractivity contribution in [3.05, 3.63) is 76.2 Å². The van der Waals surface area contributed by atoms with Crippen LogP contribution in [0.3, 0.4) is 0 Å². The molecule has 0 fully saturated rings. The standard InChI is InChI=1S/C20H19ClN4O/c1-12-7-8-16(13(2)9-12)25-20(26)18-10-23-19(11-22-18)24-17-6-4-5-15(21)14(17)3/h4-11H,1-3H3,(H,23,24)(H,25,26). The van der Waals surface area contributed by atoms with Gasteiger partial charge in [-0.3, -0.25) is 4.79 Å². The van der Waals surface area contributed by atoms with Gasteiger partial charge in [-0.2, -0.15) is 0 Å². The van der Waals surface area contributed by atoms with Gasteiger partial charge in [0, 0.05) is 16.4 Å². The number of carbonyl (C=O) groups excluding carboxylic acids is 1. The average molecular weight is 367 g/mol. The minimum atomic E-state index is -0.296. The molecule has 0 atom stereocenters. The summed E-state index contributed by atoms with van der Waals surface area (Å²) in [5, 5.41) is 6.69. The molecule has 1 aromatic heterocycles. The van der Waals surface area contributed by atoms with E-state index in [0.717, 1.165) is 28.1 Å². The van der Waals surface area contributed by atoms with E-state index in [2.05, 4.69) is 20.6 Å². The molecule has 6 heteroatoms. The lowest BCUT2D eigenvalue weighted by atomic mass is 10.1. The van der Waals surface area contributed by atoms with E-state index in [1.54, 1.807) is 0 Å². The third kappa shape index (κ3) is 4.00. The normalized spacial score (nSPS) is 10.5. The molecule has 3 aromatic rings. The molecule has 0 saturated heterocycles. The summed E-state index contributed by atoms with van der Waals surface area (Å²) >= 11 is 6.12. The first-order chi connectivity index (χ1) is 12.4. The Bertz CT molecular complexity index is 955. The van der Waals surface area contributed by atoms with E-state index in [1.165, 1.54) is 12.4 Å². The summed E-state index contributed by atoms with van der Waals surface area (Å²) < 4.78 is 0. The number of aryl methyl sites for hydroxylation is 2. The van der Waals surface area contributed by atoms with E-state index in [-0.39, 0.29) is 11.6 Å². The van der Waals surface area contributed by atoms with Crippen molar-refractivity contribution in [3.8, 4) is 0 Å². The van der Waals surface area contributed by atoms with Crippen LogP contribution in [0.2, 0.25) is 5.02 Å². The average Bonchev–Trinajstić information content (AvgIpc) is 2.62. The highest BCUT2D eigenvalue weighted by molar-refractivity contribution is 6.31. The zero-order valence-corrected chi connectivity index (χ0v) is 15.6. The van der Waals surface area contributed by atoms with Gasteiger partial charge >= 0.3 is 0 Å². The van der Waals surface area contributed by atoms with Crippen molar-refractivity contribution in [2.24, 2.45) is 0 Å². The summed E-state index contributed by atoms with van der Waals surface area (Å²) in [6.07, 6.45) is 2.97. The molecule has 2 N–H and O–H groups in total. The van der Waals surface area contributed by atoms with Crippen molar-refractivity contribution >= 4 is 34.7 Å². The van der Waals surface area contributed by atoms with Gasteiger partial charge in [0.1, 0.15) is 11.5 Å². The third-order valence-electron chi connectivity index (χ3n) is 4.05. The number of anilines is 3. The highest BCUT2D eigenvalue weighted by Gasteiger charge is 2.11. The second kappa shape index (κ2) is 7.54. The predicted octanol–water partition coefficient (Wildman–Crippen LogP) is 5.05. The maximum absolute atomic E-state index is 12.4. The van der Waals surface area contributed by atoms with E-state index in [4.69, 9.17) is 11.6 Å². The van der Waals surface area contributed by atoms with Gasteiger partial charge < -0.3 is 10.6 Å². The zero-order chi connectivity index (χ0) is 18.7. The maximum Gasteiger partial charge on any atom is 0.275 e. The molecule has 0 saturated carbocycles. The molecular formula is C20H19ClN4O. The second-order valence-electron chi connectivity index (χ2n) is 6.10. The van der Waals surface area contributed by atoms with Crippen LogP contribution in [0.15, 0.2) is 48.8 Å². The van der Waals surface area contributed by atoms with Gasteiger partial charge in [-0.25, -0.2) is 9.97 Å². The summed E-state index contributed by atoms with van der Waals surface area (Å²) in [6, 6.07) is 11.4. The lowest BCUT2D eigenvalue weighted by Gasteiger charge is -2.11. The first-order valence-electron chi connectivity index (χ1n) is 8.17. The predicted molar refractivity (Wildman–Crippen MR) is 105 cm³/mol. The molecule has 0 aliphatic heterocycles. The number of hydrogen-bond acceptors (Lipinski definition) is 4. The summed E-state index contributed by atoms with van der Waals surface area (Å²) in [6.45, 7) is 5.88. The fourth-order valence-corrected chi connectivity index (χ4v) is 2.71. The molecule has 0 unspecified atom stereocenters. The van der Waals surface area contributed by atoms with Gasteiger partial charge in [0.25, 0.3) is 5.91 Å². The molecule has 0 radical (unpaired) electrons. The van der Waals surface area contributed by atoms with Crippen molar-refractivity contribution in [1.29, 1.82) is 0 Å². The molecule has 0 aliphatic carbocycles. The van der Waals surface area contributed by atoms with Crippen LogP contribution < -0.4 is 10.6 Å². The molecule has 1 amide bonds. The number of amides is 1. The van der Waals surface area contributed by atoms with Crippen molar-refractivity contribution in [2.45, 2.75) is 20.8 Å². The van der Waals surface area contributed by atoms with Gasteiger partial charge in [0.2, 0.25) is 0 Å². The first kappa shape index (κ1) is 17.9. The molecule has 132 valence electrons. The fourth-order valence-electron chi connectivity index (χ4n) is 2.53. The number of rotatable bonds is 4. The van der Waals surface area contributed by atoms with Crippen LogP contribution in [0.25, 0.3) is 0 Å². The molecule has 0 aliphatic rings. The Labute approximate surface area is 157 Å². The Morgan fingerprint density at radius 1 is 1.00 bits per heavy atom. The SMILES string of the molecule is Cc1ccc(NC(=O)c2cnc(Nc3cccc(Cl)c3C)cn2)c(C)c1. The lowest BCUT2D eigenvalue weighted by Crippen LogP contribution is -2.15. The number of benzene rings is 2. The number of nitrogens with zero attached hydrogens (tertiary/aromatic N) is 2. The van der Waals surface area contributed by atoms with Crippen LogP contribution in [0.5, 0.6) is 0 Å². The highest BCUT2D eigenvalue weighted by Crippen LogP contribution is 2.25. The number of hydrogen-bond donors (Lipinski definition) is 2. The molecule has 0 bridgehead atoms. The number of halogens is 1. The van der Waals surface area contributed by atoms with E-state index in [1.807, 2.05) is 57.2 Å². The smallest absolute Gasteiger partial charge is 0.275 e. The Morgan fingerprint density at radius 3 is 2.50 bits per heavy atom. The largest absolute Gasteiger partial charge is 0.339 e. The maximum atomic E-state index is 12.4. The van der Waals surface area contributed by atoms with Crippen molar-refractivity contribution in [1.82, 2.24) is 9.97 Å². The van der Waals surface area contributed by atoms with E-state index >= 15 is 0 Å². The van der Waals surface area contributed by atoms with Crippen LogP contribution in [-0.4, -0.2) is 15.9 Å². The van der Waals surface area contributed by atoms with Crippen molar-refractivity contribution < 1.29 is 4.79 Å². The van der Waals surface area contributed by atoms with Gasteiger partial charge in [-0.05, 0) is 50.1 Å². The van der Waals surface area contributed by atoms with Crippen LogP contribution in [0.1, 0.15) is 27.2 Å². The van der Waals surface area contributed by atoms with Crippen LogP contribution >= 0.6 is 11.6 Å². The molecule has 0 spiro atoms. The summed E-state index contributed by atoms with van der Waals surface area (Å²) in [5.74, 6) is 0.244. The monoisotopic (exact) mass is 366 g/mol. The number of nitrogens with one attached hydrogen (secondary N) is 2. The molecule has 2 aromatic carbocycles.